The number of halogens is 1. The normalized spacial score (nSPS) is 15.0. The molecule has 1 fully saturated rings. The second kappa shape index (κ2) is 6.42. The third kappa shape index (κ3) is 2.85. The average Bonchev–Trinajstić information content (AvgIpc) is 2.61. The minimum Gasteiger partial charge on any atom is -0.378 e. The van der Waals surface area contributed by atoms with E-state index < -0.39 is 0 Å². The number of aryl methyl sites for hydroxylation is 1. The molecule has 0 unspecified atom stereocenters. The number of benzene rings is 2. The summed E-state index contributed by atoms with van der Waals surface area (Å²) in [4.78, 5) is 7.15. The van der Waals surface area contributed by atoms with Gasteiger partial charge in [0, 0.05) is 34.9 Å². The molecule has 24 heavy (non-hydrogen) atoms. The van der Waals surface area contributed by atoms with Crippen molar-refractivity contribution in [3.05, 3.63) is 59.2 Å². The molecule has 0 radical (unpaired) electrons. The van der Waals surface area contributed by atoms with Crippen LogP contribution in [0.3, 0.4) is 0 Å². The number of ether oxygens (including phenoxy) is 1. The molecule has 0 atom stereocenters. The molecular weight excluding hydrogens is 320 g/mol. The summed E-state index contributed by atoms with van der Waals surface area (Å²) in [6.45, 7) is 5.39. The highest BCUT2D eigenvalue weighted by Crippen LogP contribution is 2.36. The number of hydrogen-bond acceptors (Lipinski definition) is 3. The van der Waals surface area contributed by atoms with Crippen molar-refractivity contribution in [3.63, 3.8) is 0 Å². The van der Waals surface area contributed by atoms with Crippen LogP contribution in [0.2, 0.25) is 5.02 Å². The van der Waals surface area contributed by atoms with Crippen molar-refractivity contribution in [1.29, 1.82) is 0 Å². The van der Waals surface area contributed by atoms with Crippen LogP contribution in [0.5, 0.6) is 0 Å². The number of aromatic nitrogens is 1. The Kier molecular flexibility index (Phi) is 4.13. The number of anilines is 1. The number of rotatable bonds is 2. The Morgan fingerprint density at radius 2 is 1.83 bits per heavy atom. The van der Waals surface area contributed by atoms with Gasteiger partial charge in [0.1, 0.15) is 0 Å². The van der Waals surface area contributed by atoms with Crippen LogP contribution >= 0.6 is 11.6 Å². The molecule has 1 saturated heterocycles. The van der Waals surface area contributed by atoms with E-state index in [1.165, 1.54) is 16.6 Å². The van der Waals surface area contributed by atoms with E-state index in [-0.39, 0.29) is 0 Å². The standard InChI is InChI=1S/C20H19ClN2O/c1-14-12-19(23-8-10-24-11-9-23)20-17(6-3-7-18(20)22-14)15-4-2-5-16(21)13-15/h2-7,12-13H,8-11H2,1H3. The van der Waals surface area contributed by atoms with Gasteiger partial charge < -0.3 is 9.64 Å². The van der Waals surface area contributed by atoms with Crippen molar-refractivity contribution in [2.75, 3.05) is 31.2 Å². The maximum atomic E-state index is 6.22. The van der Waals surface area contributed by atoms with Gasteiger partial charge in [0.25, 0.3) is 0 Å². The lowest BCUT2D eigenvalue weighted by molar-refractivity contribution is 0.123. The highest BCUT2D eigenvalue weighted by Gasteiger charge is 2.18. The Balaban J connectivity index is 1.97. The van der Waals surface area contributed by atoms with Crippen LogP contribution in [0.4, 0.5) is 5.69 Å². The van der Waals surface area contributed by atoms with Gasteiger partial charge in [0.15, 0.2) is 0 Å². The van der Waals surface area contributed by atoms with E-state index in [1.807, 2.05) is 18.2 Å². The number of fused-ring (bicyclic) bond motifs is 1. The van der Waals surface area contributed by atoms with Gasteiger partial charge in [-0.15, -0.1) is 0 Å². The Morgan fingerprint density at radius 3 is 2.62 bits per heavy atom. The van der Waals surface area contributed by atoms with Crippen LogP contribution in [0.1, 0.15) is 5.69 Å². The van der Waals surface area contributed by atoms with E-state index in [2.05, 4.69) is 42.2 Å². The summed E-state index contributed by atoms with van der Waals surface area (Å²) in [5.41, 5.74) is 5.58. The smallest absolute Gasteiger partial charge is 0.0732 e. The molecule has 3 nitrogen and oxygen atoms in total. The molecule has 0 amide bonds. The molecule has 1 aliphatic heterocycles. The Morgan fingerprint density at radius 1 is 1.04 bits per heavy atom. The summed E-state index contributed by atoms with van der Waals surface area (Å²) in [7, 11) is 0. The molecule has 122 valence electrons. The van der Waals surface area contributed by atoms with Crippen molar-refractivity contribution in [1.82, 2.24) is 4.98 Å². The quantitative estimate of drug-likeness (QED) is 0.677. The molecule has 0 bridgehead atoms. The summed E-state index contributed by atoms with van der Waals surface area (Å²) in [5.74, 6) is 0. The van der Waals surface area contributed by atoms with Crippen LogP contribution in [-0.2, 0) is 4.74 Å². The first-order valence-electron chi connectivity index (χ1n) is 8.21. The van der Waals surface area contributed by atoms with Gasteiger partial charge >= 0.3 is 0 Å². The fourth-order valence-corrected chi connectivity index (χ4v) is 3.54. The topological polar surface area (TPSA) is 25.4 Å². The summed E-state index contributed by atoms with van der Waals surface area (Å²) < 4.78 is 5.52. The number of pyridine rings is 1. The highest BCUT2D eigenvalue weighted by molar-refractivity contribution is 6.31. The van der Waals surface area contributed by atoms with E-state index in [0.29, 0.717) is 0 Å². The maximum absolute atomic E-state index is 6.22. The second-order valence-electron chi connectivity index (χ2n) is 6.09. The maximum Gasteiger partial charge on any atom is 0.0732 e. The first-order valence-corrected chi connectivity index (χ1v) is 8.59. The second-order valence-corrected chi connectivity index (χ2v) is 6.53. The lowest BCUT2D eigenvalue weighted by Crippen LogP contribution is -2.36. The molecule has 4 heteroatoms. The SMILES string of the molecule is Cc1cc(N2CCOCC2)c2c(-c3cccc(Cl)c3)cccc2n1. The van der Waals surface area contributed by atoms with Gasteiger partial charge in [0.05, 0.1) is 18.7 Å². The predicted octanol–water partition coefficient (Wildman–Crippen LogP) is 4.70. The number of nitrogens with zero attached hydrogens (tertiary/aromatic N) is 2. The minimum absolute atomic E-state index is 0.748. The monoisotopic (exact) mass is 338 g/mol. The molecule has 1 aliphatic rings. The molecule has 0 N–H and O–H groups in total. The zero-order chi connectivity index (χ0) is 16.5. The van der Waals surface area contributed by atoms with E-state index in [1.54, 1.807) is 0 Å². The zero-order valence-electron chi connectivity index (χ0n) is 13.6. The van der Waals surface area contributed by atoms with E-state index in [9.17, 15) is 0 Å². The molecule has 4 rings (SSSR count). The molecule has 0 aliphatic carbocycles. The molecule has 3 aromatic rings. The zero-order valence-corrected chi connectivity index (χ0v) is 14.4. The third-order valence-electron chi connectivity index (χ3n) is 4.43. The average molecular weight is 339 g/mol. The van der Waals surface area contributed by atoms with Gasteiger partial charge in [-0.2, -0.15) is 0 Å². The van der Waals surface area contributed by atoms with Gasteiger partial charge in [-0.05, 0) is 42.3 Å². The first-order chi connectivity index (χ1) is 11.7. The van der Waals surface area contributed by atoms with Crippen LogP contribution in [0.25, 0.3) is 22.0 Å². The lowest BCUT2D eigenvalue weighted by atomic mass is 9.98. The van der Waals surface area contributed by atoms with E-state index in [0.717, 1.165) is 48.1 Å². The van der Waals surface area contributed by atoms with E-state index >= 15 is 0 Å². The Hall–Kier alpha value is -2.10. The van der Waals surface area contributed by atoms with Crippen LogP contribution in [0, 0.1) is 6.92 Å². The van der Waals surface area contributed by atoms with Gasteiger partial charge in [-0.1, -0.05) is 35.9 Å². The molecule has 0 spiro atoms. The number of hydrogen-bond donors (Lipinski definition) is 0. The molecular formula is C20H19ClN2O. The van der Waals surface area contributed by atoms with Crippen molar-refractivity contribution < 1.29 is 4.74 Å². The van der Waals surface area contributed by atoms with Crippen molar-refractivity contribution in [2.45, 2.75) is 6.92 Å². The third-order valence-corrected chi connectivity index (χ3v) is 4.66. The summed E-state index contributed by atoms with van der Waals surface area (Å²) in [5, 5.41) is 1.93. The van der Waals surface area contributed by atoms with Crippen molar-refractivity contribution in [3.8, 4) is 11.1 Å². The largest absolute Gasteiger partial charge is 0.378 e. The van der Waals surface area contributed by atoms with Crippen molar-refractivity contribution >= 4 is 28.2 Å². The summed E-state index contributed by atoms with van der Waals surface area (Å²) >= 11 is 6.22. The van der Waals surface area contributed by atoms with E-state index in [4.69, 9.17) is 21.3 Å². The Labute approximate surface area is 146 Å². The minimum atomic E-state index is 0.748. The van der Waals surface area contributed by atoms with Gasteiger partial charge in [0.2, 0.25) is 0 Å². The predicted molar refractivity (Wildman–Crippen MR) is 100.0 cm³/mol. The molecule has 1 aromatic heterocycles. The summed E-state index contributed by atoms with van der Waals surface area (Å²) in [6.07, 6.45) is 0. The van der Waals surface area contributed by atoms with Crippen LogP contribution < -0.4 is 4.90 Å². The molecule has 2 heterocycles. The molecule has 0 saturated carbocycles. The first kappa shape index (κ1) is 15.4. The van der Waals surface area contributed by atoms with Crippen molar-refractivity contribution in [2.24, 2.45) is 0 Å². The van der Waals surface area contributed by atoms with Crippen LogP contribution in [0.15, 0.2) is 48.5 Å². The fraction of sp³-hybridized carbons (Fsp3) is 0.250. The fourth-order valence-electron chi connectivity index (χ4n) is 3.35. The summed E-state index contributed by atoms with van der Waals surface area (Å²) in [6, 6.07) is 16.5. The van der Waals surface area contributed by atoms with Crippen LogP contribution in [-0.4, -0.2) is 31.3 Å². The van der Waals surface area contributed by atoms with Gasteiger partial charge in [-0.25, -0.2) is 0 Å². The lowest BCUT2D eigenvalue weighted by Gasteiger charge is -2.30. The highest BCUT2D eigenvalue weighted by atomic mass is 35.5. The molecule has 2 aromatic carbocycles. The number of morpholine rings is 1. The Bertz CT molecular complexity index is 888. The van der Waals surface area contributed by atoms with Gasteiger partial charge in [-0.3, -0.25) is 4.98 Å².